The number of nitriles is 2. The highest BCUT2D eigenvalue weighted by atomic mass is 14.9. The lowest BCUT2D eigenvalue weighted by molar-refractivity contribution is 0.750. The van der Waals surface area contributed by atoms with Gasteiger partial charge in [0.1, 0.15) is 6.07 Å². The van der Waals surface area contributed by atoms with Gasteiger partial charge in [-0.1, -0.05) is 103 Å². The summed E-state index contributed by atoms with van der Waals surface area (Å²) < 4.78 is 0. The van der Waals surface area contributed by atoms with Crippen LogP contribution in [0.1, 0.15) is 56.3 Å². The number of aromatic nitrogens is 2. The Morgan fingerprint density at radius 1 is 0.500 bits per heavy atom. The second-order valence-corrected chi connectivity index (χ2v) is 10.7. The first-order valence-electron chi connectivity index (χ1n) is 14.0. The van der Waals surface area contributed by atoms with Crippen LogP contribution in [0.3, 0.4) is 0 Å². The Hall–Kier alpha value is -5.84. The van der Waals surface area contributed by atoms with Crippen molar-refractivity contribution in [2.24, 2.45) is 0 Å². The summed E-state index contributed by atoms with van der Waals surface area (Å²) in [5, 5.41) is 20.9. The maximum Gasteiger partial charge on any atom is 0.161 e. The van der Waals surface area contributed by atoms with Crippen molar-refractivity contribution in [1.29, 1.82) is 10.5 Å². The molecule has 3 aliphatic carbocycles. The van der Waals surface area contributed by atoms with E-state index in [9.17, 15) is 10.5 Å². The van der Waals surface area contributed by atoms with Crippen LogP contribution >= 0.6 is 0 Å². The van der Waals surface area contributed by atoms with Crippen molar-refractivity contribution >= 4 is 0 Å². The molecule has 0 fully saturated rings. The summed E-state index contributed by atoms with van der Waals surface area (Å²) >= 11 is 0. The SMILES string of the molecule is N#Cc1cccc2c1C1c3ccccc3C2c2ccc(-c3nc(-c4ccccc4)cc(-c4ccccc4)n3)c(C#N)c21. The predicted molar refractivity (Wildman–Crippen MR) is 163 cm³/mol. The van der Waals surface area contributed by atoms with Gasteiger partial charge in [-0.25, -0.2) is 9.97 Å². The maximum absolute atomic E-state index is 10.8. The fourth-order valence-corrected chi connectivity index (χ4v) is 6.84. The molecule has 0 saturated heterocycles. The predicted octanol–water partition coefficient (Wildman–Crippen LogP) is 8.21. The number of rotatable bonds is 3. The Balaban J connectivity index is 1.40. The van der Waals surface area contributed by atoms with Crippen molar-refractivity contribution in [1.82, 2.24) is 9.97 Å². The molecule has 0 aliphatic heterocycles. The topological polar surface area (TPSA) is 73.4 Å². The van der Waals surface area contributed by atoms with Crippen molar-refractivity contribution in [3.05, 3.63) is 166 Å². The highest BCUT2D eigenvalue weighted by Gasteiger charge is 2.44. The fraction of sp³-hybridized carbons (Fsp3) is 0.0526. The molecular weight excluding hydrogens is 512 g/mol. The second kappa shape index (κ2) is 9.37. The van der Waals surface area contributed by atoms with Crippen LogP contribution in [0.5, 0.6) is 0 Å². The zero-order chi connectivity index (χ0) is 28.2. The standard InChI is InChI=1S/C38H22N4/c39-21-25-14-9-17-29-34(25)37-27-16-8-7-15-26(27)35(29)30-19-18-28(31(22-40)36(30)37)38-41-32(23-10-3-1-4-11-23)20-33(42-38)24-12-5-2-6-13-24/h1-20,35,37H. The average molecular weight is 535 g/mol. The Morgan fingerprint density at radius 3 is 1.69 bits per heavy atom. The average Bonchev–Trinajstić information content (AvgIpc) is 3.07. The van der Waals surface area contributed by atoms with Gasteiger partial charge in [-0.2, -0.15) is 10.5 Å². The lowest BCUT2D eigenvalue weighted by atomic mass is 9.59. The van der Waals surface area contributed by atoms with Gasteiger partial charge in [0.2, 0.25) is 0 Å². The van der Waals surface area contributed by atoms with Gasteiger partial charge in [-0.05, 0) is 51.6 Å². The molecule has 0 N–H and O–H groups in total. The monoisotopic (exact) mass is 534 g/mol. The Labute approximate surface area is 243 Å². The maximum atomic E-state index is 10.8. The van der Waals surface area contributed by atoms with E-state index in [0.717, 1.165) is 50.3 Å². The van der Waals surface area contributed by atoms with E-state index in [1.54, 1.807) is 0 Å². The van der Waals surface area contributed by atoms with E-state index < -0.39 is 0 Å². The molecule has 0 spiro atoms. The van der Waals surface area contributed by atoms with E-state index in [2.05, 4.69) is 42.5 Å². The highest BCUT2D eigenvalue weighted by Crippen LogP contribution is 2.57. The molecule has 2 unspecified atom stereocenters. The van der Waals surface area contributed by atoms with E-state index >= 15 is 0 Å². The van der Waals surface area contributed by atoms with Crippen molar-refractivity contribution in [2.45, 2.75) is 11.8 Å². The zero-order valence-electron chi connectivity index (χ0n) is 22.5. The van der Waals surface area contributed by atoms with Crippen molar-refractivity contribution < 1.29 is 0 Å². The summed E-state index contributed by atoms with van der Waals surface area (Å²) in [7, 11) is 0. The first-order valence-corrected chi connectivity index (χ1v) is 14.0. The van der Waals surface area contributed by atoms with E-state index in [1.807, 2.05) is 91.0 Å². The quantitative estimate of drug-likeness (QED) is 0.229. The molecule has 3 aliphatic rings. The summed E-state index contributed by atoms with van der Waals surface area (Å²) in [6.45, 7) is 0. The molecule has 5 aromatic carbocycles. The van der Waals surface area contributed by atoms with E-state index in [1.165, 1.54) is 5.56 Å². The largest absolute Gasteiger partial charge is 0.228 e. The highest BCUT2D eigenvalue weighted by molar-refractivity contribution is 5.80. The number of hydrogen-bond acceptors (Lipinski definition) is 4. The minimum Gasteiger partial charge on any atom is -0.228 e. The molecule has 2 bridgehead atoms. The van der Waals surface area contributed by atoms with Gasteiger partial charge >= 0.3 is 0 Å². The summed E-state index contributed by atoms with van der Waals surface area (Å²) in [6, 6.07) is 45.7. The Morgan fingerprint density at radius 2 is 1.07 bits per heavy atom. The molecule has 4 nitrogen and oxygen atoms in total. The van der Waals surface area contributed by atoms with Crippen LogP contribution in [-0.4, -0.2) is 9.97 Å². The first-order chi connectivity index (χ1) is 20.8. The van der Waals surface area contributed by atoms with Crippen LogP contribution in [0, 0.1) is 22.7 Å². The molecule has 194 valence electrons. The first kappa shape index (κ1) is 24.0. The smallest absolute Gasteiger partial charge is 0.161 e. The molecular formula is C38H22N4. The molecule has 4 heteroatoms. The van der Waals surface area contributed by atoms with Gasteiger partial charge in [-0.15, -0.1) is 0 Å². The van der Waals surface area contributed by atoms with Gasteiger partial charge in [0, 0.05) is 28.5 Å². The van der Waals surface area contributed by atoms with E-state index in [4.69, 9.17) is 9.97 Å². The summed E-state index contributed by atoms with van der Waals surface area (Å²) in [4.78, 5) is 10.1. The number of nitrogens with zero attached hydrogens (tertiary/aromatic N) is 4. The summed E-state index contributed by atoms with van der Waals surface area (Å²) in [6.07, 6.45) is 0. The zero-order valence-corrected chi connectivity index (χ0v) is 22.5. The van der Waals surface area contributed by atoms with E-state index in [0.29, 0.717) is 22.5 Å². The molecule has 6 aromatic rings. The second-order valence-electron chi connectivity index (χ2n) is 10.7. The third kappa shape index (κ3) is 3.46. The molecule has 9 rings (SSSR count). The third-order valence-electron chi connectivity index (χ3n) is 8.57. The van der Waals surface area contributed by atoms with Crippen molar-refractivity contribution in [3.8, 4) is 46.0 Å². The van der Waals surface area contributed by atoms with Crippen molar-refractivity contribution in [2.75, 3.05) is 0 Å². The van der Waals surface area contributed by atoms with Gasteiger partial charge < -0.3 is 0 Å². The minimum absolute atomic E-state index is 0.0397. The van der Waals surface area contributed by atoms with Crippen LogP contribution in [0.4, 0.5) is 0 Å². The molecule has 2 atom stereocenters. The van der Waals surface area contributed by atoms with Gasteiger partial charge in [-0.3, -0.25) is 0 Å². The summed E-state index contributed by atoms with van der Waals surface area (Å²) in [5.41, 5.74) is 12.1. The van der Waals surface area contributed by atoms with Crippen LogP contribution in [0.25, 0.3) is 33.9 Å². The lowest BCUT2D eigenvalue weighted by Crippen LogP contribution is -2.29. The normalized spacial score (nSPS) is 15.6. The third-order valence-corrected chi connectivity index (χ3v) is 8.57. The molecule has 1 heterocycles. The molecule has 0 saturated carbocycles. The van der Waals surface area contributed by atoms with Gasteiger partial charge in [0.15, 0.2) is 5.82 Å². The number of hydrogen-bond donors (Lipinski definition) is 0. The van der Waals surface area contributed by atoms with Gasteiger partial charge in [0.25, 0.3) is 0 Å². The molecule has 1 aromatic heterocycles. The lowest BCUT2D eigenvalue weighted by Gasteiger charge is -2.43. The van der Waals surface area contributed by atoms with E-state index in [-0.39, 0.29) is 11.8 Å². The van der Waals surface area contributed by atoms with Crippen LogP contribution in [0.15, 0.2) is 121 Å². The molecule has 42 heavy (non-hydrogen) atoms. The van der Waals surface area contributed by atoms with Crippen LogP contribution < -0.4 is 0 Å². The number of benzene rings is 5. The molecule has 0 radical (unpaired) electrons. The van der Waals surface area contributed by atoms with Crippen LogP contribution in [0.2, 0.25) is 0 Å². The van der Waals surface area contributed by atoms with Crippen LogP contribution in [-0.2, 0) is 0 Å². The van der Waals surface area contributed by atoms with Crippen molar-refractivity contribution in [3.63, 3.8) is 0 Å². The fourth-order valence-electron chi connectivity index (χ4n) is 6.84. The minimum atomic E-state index is -0.215. The molecule has 0 amide bonds. The summed E-state index contributed by atoms with van der Waals surface area (Å²) in [5.74, 6) is 0.257. The Bertz CT molecular complexity index is 2060. The van der Waals surface area contributed by atoms with Gasteiger partial charge in [0.05, 0.1) is 28.6 Å². The Kier molecular flexibility index (Phi) is 5.36.